The van der Waals surface area contributed by atoms with Crippen LogP contribution in [0.4, 0.5) is 10.7 Å². The molecule has 3 aliphatic heterocycles. The first-order valence-electron chi connectivity index (χ1n) is 11.1. The molecule has 162 valence electrons. The van der Waals surface area contributed by atoms with Gasteiger partial charge in [0, 0.05) is 33.2 Å². The van der Waals surface area contributed by atoms with Crippen molar-refractivity contribution < 1.29 is 18.9 Å². The fourth-order valence-corrected chi connectivity index (χ4v) is 5.33. The van der Waals surface area contributed by atoms with Gasteiger partial charge in [0.2, 0.25) is 11.9 Å². The summed E-state index contributed by atoms with van der Waals surface area (Å²) in [6.45, 7) is 8.32. The van der Waals surface area contributed by atoms with Gasteiger partial charge in [-0.25, -0.2) is 13.9 Å². The number of hydrogen-bond donors (Lipinski definition) is 0. The van der Waals surface area contributed by atoms with E-state index in [1.165, 1.54) is 23.4 Å². The van der Waals surface area contributed by atoms with Crippen molar-refractivity contribution in [1.82, 2.24) is 19.3 Å². The summed E-state index contributed by atoms with van der Waals surface area (Å²) < 4.78 is 9.75. The van der Waals surface area contributed by atoms with Crippen LogP contribution in [-0.2, 0) is 9.53 Å². The zero-order valence-corrected chi connectivity index (χ0v) is 18.1. The molecule has 4 aliphatic rings. The molecule has 1 saturated carbocycles. The van der Waals surface area contributed by atoms with E-state index in [9.17, 15) is 9.59 Å². The highest BCUT2D eigenvalue weighted by Gasteiger charge is 2.54. The molecule has 1 aliphatic carbocycles. The normalized spacial score (nSPS) is 25.2. The lowest BCUT2D eigenvalue weighted by Gasteiger charge is -2.35. The number of likely N-dealkylation sites (N-methyl/N-ethyl adjacent to an activating group) is 1. The Morgan fingerprint density at radius 1 is 1.10 bits per heavy atom. The highest BCUT2D eigenvalue weighted by molar-refractivity contribution is 6.19. The minimum Gasteiger partial charge on any atom is -0.379 e. The van der Waals surface area contributed by atoms with Gasteiger partial charge in [0.1, 0.15) is 11.4 Å². The van der Waals surface area contributed by atoms with Crippen LogP contribution in [0.3, 0.4) is 0 Å². The molecule has 30 heavy (non-hydrogen) atoms. The van der Waals surface area contributed by atoms with Crippen LogP contribution in [-0.4, -0.2) is 83.5 Å². The number of fused-ring (bicyclic) bond motifs is 3. The van der Waals surface area contributed by atoms with E-state index in [1.54, 1.807) is 11.9 Å². The van der Waals surface area contributed by atoms with Crippen molar-refractivity contribution in [3.05, 3.63) is 11.4 Å². The Hall–Kier alpha value is -2.26. The zero-order valence-electron chi connectivity index (χ0n) is 18.1. The van der Waals surface area contributed by atoms with E-state index in [0.29, 0.717) is 38.2 Å². The minimum atomic E-state index is -0.547. The number of aliphatic imine (C=N–C) groups is 1. The highest BCUT2D eigenvalue weighted by Crippen LogP contribution is 2.38. The second kappa shape index (κ2) is 7.46. The van der Waals surface area contributed by atoms with E-state index in [4.69, 9.17) is 9.73 Å². The maximum Gasteiger partial charge on any atom is 0.402 e. The van der Waals surface area contributed by atoms with Crippen LogP contribution in [0.15, 0.2) is 4.99 Å². The van der Waals surface area contributed by atoms with Crippen LogP contribution in [0.1, 0.15) is 49.2 Å². The molecule has 0 aromatic carbocycles. The molecule has 5 rings (SSSR count). The van der Waals surface area contributed by atoms with E-state index >= 15 is 0 Å². The van der Waals surface area contributed by atoms with Crippen molar-refractivity contribution in [2.75, 3.05) is 46.4 Å². The first-order valence-corrected chi connectivity index (χ1v) is 11.1. The summed E-state index contributed by atoms with van der Waals surface area (Å²) in [5.41, 5.74) is 2.23. The summed E-state index contributed by atoms with van der Waals surface area (Å²) in [4.78, 5) is 36.6. The Balaban J connectivity index is 1.46. The van der Waals surface area contributed by atoms with Crippen molar-refractivity contribution in [2.45, 2.75) is 51.6 Å². The van der Waals surface area contributed by atoms with Gasteiger partial charge in [0.25, 0.3) is 5.91 Å². The lowest BCUT2D eigenvalue weighted by atomic mass is 10.1. The number of nitrogens with zero attached hydrogens (tertiary/aromatic N) is 6. The molecule has 2 saturated heterocycles. The fraction of sp³-hybridized carbons (Fsp3) is 0.714. The molecule has 0 spiro atoms. The van der Waals surface area contributed by atoms with Crippen LogP contribution >= 0.6 is 0 Å². The zero-order chi connectivity index (χ0) is 21.0. The molecule has 4 heterocycles. The summed E-state index contributed by atoms with van der Waals surface area (Å²) in [5.74, 6) is 1.21. The van der Waals surface area contributed by atoms with Crippen molar-refractivity contribution in [2.24, 2.45) is 4.99 Å². The van der Waals surface area contributed by atoms with Gasteiger partial charge in [-0.2, -0.15) is 0 Å². The molecule has 0 radical (unpaired) electrons. The second-order valence-corrected chi connectivity index (χ2v) is 8.81. The van der Waals surface area contributed by atoms with Crippen LogP contribution in [0, 0.1) is 13.8 Å². The molecule has 1 atom stereocenters. The average molecular weight is 416 g/mol. The lowest BCUT2D eigenvalue weighted by Crippen LogP contribution is -2.64. The van der Waals surface area contributed by atoms with Crippen molar-refractivity contribution in [1.29, 1.82) is 0 Å². The predicted octanol–water partition coefficient (Wildman–Crippen LogP) is 1.32. The van der Waals surface area contributed by atoms with Gasteiger partial charge >= 0.3 is 12.0 Å². The first-order chi connectivity index (χ1) is 14.5. The molecule has 1 unspecified atom stereocenters. The Morgan fingerprint density at radius 2 is 1.80 bits per heavy atom. The van der Waals surface area contributed by atoms with Crippen LogP contribution in [0.25, 0.3) is 0 Å². The average Bonchev–Trinajstić information content (AvgIpc) is 3.45. The highest BCUT2D eigenvalue weighted by atomic mass is 16.5. The number of ether oxygens (including phenoxy) is 1. The van der Waals surface area contributed by atoms with E-state index in [2.05, 4.69) is 27.9 Å². The summed E-state index contributed by atoms with van der Waals surface area (Å²) in [6, 6.07) is -0.400. The number of rotatable bonds is 4. The smallest absolute Gasteiger partial charge is 0.379 e. The van der Waals surface area contributed by atoms with E-state index in [0.717, 1.165) is 37.6 Å². The topological polar surface area (TPSA) is 74.3 Å². The Labute approximate surface area is 176 Å². The van der Waals surface area contributed by atoms with Crippen molar-refractivity contribution in [3.63, 3.8) is 0 Å². The van der Waals surface area contributed by atoms with Crippen molar-refractivity contribution in [3.8, 4) is 0 Å². The Bertz CT molecular complexity index is 910. The van der Waals surface area contributed by atoms with Gasteiger partial charge in [-0.1, -0.05) is 4.99 Å². The third-order valence-electron chi connectivity index (χ3n) is 7.19. The number of amidine groups is 1. The summed E-state index contributed by atoms with van der Waals surface area (Å²) in [5, 5.41) is 0. The third-order valence-corrected chi connectivity index (χ3v) is 7.19. The summed E-state index contributed by atoms with van der Waals surface area (Å²) >= 11 is 0. The monoisotopic (exact) mass is 415 g/mol. The molecule has 0 bridgehead atoms. The van der Waals surface area contributed by atoms with Crippen LogP contribution < -0.4 is 4.57 Å². The molecular formula is C21H31N6O3+. The Morgan fingerprint density at radius 3 is 2.50 bits per heavy atom. The molecule has 3 amide bonds. The van der Waals surface area contributed by atoms with Gasteiger partial charge in [-0.15, -0.1) is 0 Å². The molecule has 0 N–H and O–H groups in total. The number of urea groups is 1. The van der Waals surface area contributed by atoms with Gasteiger partial charge in [-0.05, 0) is 39.5 Å². The predicted molar refractivity (Wildman–Crippen MR) is 110 cm³/mol. The molecule has 9 nitrogen and oxygen atoms in total. The SMILES string of the molecule is Cc1c(C)[n+]2c(n1C1CCCC1)N=C1C2C(=O)N(CCN2CCOCC2)C(=O)N1C. The largest absolute Gasteiger partial charge is 0.402 e. The summed E-state index contributed by atoms with van der Waals surface area (Å²) in [6.07, 6.45) is 4.75. The van der Waals surface area contributed by atoms with Crippen LogP contribution in [0.5, 0.6) is 0 Å². The third kappa shape index (κ3) is 2.90. The van der Waals surface area contributed by atoms with Gasteiger partial charge in [0.15, 0.2) is 0 Å². The number of carbonyl (C=O) groups is 2. The number of morpholine rings is 1. The Kier molecular flexibility index (Phi) is 4.89. The van der Waals surface area contributed by atoms with Gasteiger partial charge < -0.3 is 4.74 Å². The number of hydrogen-bond acceptors (Lipinski definition) is 5. The van der Waals surface area contributed by atoms with Gasteiger partial charge in [0.05, 0.1) is 19.3 Å². The second-order valence-electron chi connectivity index (χ2n) is 8.81. The number of imide groups is 1. The quantitative estimate of drug-likeness (QED) is 0.695. The molecule has 1 aromatic heterocycles. The molecule has 1 aromatic rings. The molecule has 9 heteroatoms. The summed E-state index contributed by atoms with van der Waals surface area (Å²) in [7, 11) is 1.73. The standard InChI is InChI=1S/C21H31N6O3/c1-14-15(2)27-17-18(22-20(27)26(14)16-6-4-5-7-16)23(3)21(29)25(19(17)28)9-8-24-10-12-30-13-11-24/h16-17H,4-13H2,1-3H3/q+1. The molecular weight excluding hydrogens is 384 g/mol. The van der Waals surface area contributed by atoms with E-state index < -0.39 is 6.04 Å². The number of amides is 3. The maximum absolute atomic E-state index is 13.5. The number of carbonyl (C=O) groups excluding carboxylic acids is 2. The van der Waals surface area contributed by atoms with Crippen molar-refractivity contribution >= 4 is 23.7 Å². The van der Waals surface area contributed by atoms with Crippen LogP contribution in [0.2, 0.25) is 0 Å². The molecule has 3 fully saturated rings. The first kappa shape index (κ1) is 19.7. The fourth-order valence-electron chi connectivity index (χ4n) is 5.33. The maximum atomic E-state index is 13.5. The van der Waals surface area contributed by atoms with E-state index in [-0.39, 0.29) is 11.9 Å². The van der Waals surface area contributed by atoms with E-state index in [1.807, 2.05) is 0 Å². The van der Waals surface area contributed by atoms with Gasteiger partial charge in [-0.3, -0.25) is 19.5 Å². The minimum absolute atomic E-state index is 0.166. The lowest BCUT2D eigenvalue weighted by molar-refractivity contribution is -0.683. The number of imidazole rings is 1. The number of aromatic nitrogens is 2.